The zero-order valence-corrected chi connectivity index (χ0v) is 21.0. The summed E-state index contributed by atoms with van der Waals surface area (Å²) in [7, 11) is 2.87. The first-order chi connectivity index (χ1) is 16.7. The molecule has 0 bridgehead atoms. The highest BCUT2D eigenvalue weighted by Crippen LogP contribution is 2.47. The van der Waals surface area contributed by atoms with E-state index in [0.717, 1.165) is 5.56 Å². The average Bonchev–Trinajstić information content (AvgIpc) is 3.13. The topological polar surface area (TPSA) is 97.3 Å². The Bertz CT molecular complexity index is 1200. The van der Waals surface area contributed by atoms with Crippen LogP contribution in [-0.2, 0) is 14.3 Å². The quantitative estimate of drug-likeness (QED) is 0.454. The van der Waals surface area contributed by atoms with Gasteiger partial charge in [-0.3, -0.25) is 9.69 Å². The molecule has 2 heterocycles. The van der Waals surface area contributed by atoms with Crippen LogP contribution in [0.1, 0.15) is 37.9 Å². The van der Waals surface area contributed by atoms with Gasteiger partial charge in [0.2, 0.25) is 0 Å². The van der Waals surface area contributed by atoms with Crippen molar-refractivity contribution < 1.29 is 28.9 Å². The monoisotopic (exact) mass is 496 g/mol. The zero-order chi connectivity index (χ0) is 25.3. The van der Waals surface area contributed by atoms with E-state index in [1.165, 1.54) is 18.9 Å². The predicted octanol–water partition coefficient (Wildman–Crippen LogP) is 4.18. The minimum atomic E-state index is -0.693. The number of carbonyl (C=O) groups excluding carboxylic acids is 2. The van der Waals surface area contributed by atoms with Gasteiger partial charge >= 0.3 is 5.97 Å². The first-order valence-electron chi connectivity index (χ1n) is 11.1. The zero-order valence-electron chi connectivity index (χ0n) is 20.2. The van der Waals surface area contributed by atoms with Gasteiger partial charge in [-0.15, -0.1) is 0 Å². The van der Waals surface area contributed by atoms with Gasteiger partial charge in [-0.1, -0.05) is 30.0 Å². The maximum atomic E-state index is 13.6. The molecule has 2 N–H and O–H groups in total. The molecular formula is C26H28N2O6S. The molecule has 1 fully saturated rings. The summed E-state index contributed by atoms with van der Waals surface area (Å²) < 4.78 is 16.5. The number of esters is 1. The lowest BCUT2D eigenvalue weighted by molar-refractivity contribution is -0.138. The Morgan fingerprint density at radius 2 is 1.86 bits per heavy atom. The number of benzene rings is 2. The molecule has 184 valence electrons. The van der Waals surface area contributed by atoms with E-state index in [0.29, 0.717) is 33.2 Å². The smallest absolute Gasteiger partial charge is 0.337 e. The first kappa shape index (κ1) is 24.5. The Labute approximate surface area is 208 Å². The summed E-state index contributed by atoms with van der Waals surface area (Å²) in [6, 6.07) is 11.3. The van der Waals surface area contributed by atoms with Crippen LogP contribution >= 0.6 is 11.8 Å². The molecule has 2 aliphatic rings. The fraction of sp³-hybridized carbons (Fsp3) is 0.308. The molecule has 0 spiro atoms. The third kappa shape index (κ3) is 4.81. The molecule has 1 saturated heterocycles. The number of nitrogens with zero attached hydrogens (tertiary/aromatic N) is 1. The standard InChI is InChI=1S/C26H28N2O6S/c1-14(2)34-19-11-8-17(13-20(19)32-4)23-22(25(31)33-5)15(3)27-26-28(23)24(30)21(35-26)12-16-6-9-18(29)10-7-16/h6-14,23,26-27,29H,1-5H3/b21-12-/t23-,26+/m1/s1. The van der Waals surface area contributed by atoms with Gasteiger partial charge < -0.3 is 24.6 Å². The van der Waals surface area contributed by atoms with Crippen LogP contribution in [0.2, 0.25) is 0 Å². The van der Waals surface area contributed by atoms with Crippen molar-refractivity contribution in [1.82, 2.24) is 10.2 Å². The van der Waals surface area contributed by atoms with Crippen LogP contribution in [0.25, 0.3) is 6.08 Å². The third-order valence-electron chi connectivity index (χ3n) is 5.69. The summed E-state index contributed by atoms with van der Waals surface area (Å²) in [5.41, 5.74) is 2.05. The number of methoxy groups -OCH3 is 2. The summed E-state index contributed by atoms with van der Waals surface area (Å²) in [6.07, 6.45) is 1.73. The number of allylic oxidation sites excluding steroid dienone is 1. The molecule has 9 heteroatoms. The Morgan fingerprint density at radius 1 is 1.14 bits per heavy atom. The number of phenolic OH excluding ortho intramolecular Hbond substituents is 1. The SMILES string of the molecule is COC(=O)C1=C(C)N[C@@H]2S/C(=C\c3ccc(O)cc3)C(=O)N2[C@@H]1c1ccc(OC(C)C)c(OC)c1. The van der Waals surface area contributed by atoms with Gasteiger partial charge in [0.25, 0.3) is 5.91 Å². The second-order valence-corrected chi connectivity index (χ2v) is 9.56. The van der Waals surface area contributed by atoms with Crippen molar-refractivity contribution in [3.8, 4) is 17.2 Å². The van der Waals surface area contributed by atoms with Crippen LogP contribution in [-0.4, -0.2) is 47.7 Å². The van der Waals surface area contributed by atoms with E-state index in [-0.39, 0.29) is 17.8 Å². The number of ether oxygens (including phenoxy) is 3. The summed E-state index contributed by atoms with van der Waals surface area (Å²) in [5.74, 6) is 0.493. The molecule has 0 unspecified atom stereocenters. The number of hydrogen-bond acceptors (Lipinski definition) is 8. The number of fused-ring (bicyclic) bond motifs is 1. The van der Waals surface area contributed by atoms with E-state index in [4.69, 9.17) is 14.2 Å². The molecule has 2 aromatic carbocycles. The number of hydrogen-bond donors (Lipinski definition) is 2. The fourth-order valence-electron chi connectivity index (χ4n) is 4.15. The molecule has 0 radical (unpaired) electrons. The van der Waals surface area contributed by atoms with Gasteiger partial charge in [0.1, 0.15) is 5.75 Å². The normalized spacial score (nSPS) is 20.7. The van der Waals surface area contributed by atoms with Crippen molar-refractivity contribution in [3.63, 3.8) is 0 Å². The summed E-state index contributed by atoms with van der Waals surface area (Å²) in [4.78, 5) is 28.7. The van der Waals surface area contributed by atoms with Crippen molar-refractivity contribution >= 4 is 29.7 Å². The summed E-state index contributed by atoms with van der Waals surface area (Å²) in [6.45, 7) is 5.65. The molecule has 0 saturated carbocycles. The van der Waals surface area contributed by atoms with Gasteiger partial charge in [-0.25, -0.2) is 4.79 Å². The van der Waals surface area contributed by atoms with Crippen molar-refractivity contribution in [3.05, 3.63) is 69.8 Å². The minimum Gasteiger partial charge on any atom is -0.508 e. The second kappa shape index (κ2) is 9.95. The lowest BCUT2D eigenvalue weighted by Gasteiger charge is -2.39. The number of thioether (sulfide) groups is 1. The first-order valence-corrected chi connectivity index (χ1v) is 12.0. The van der Waals surface area contributed by atoms with Crippen LogP contribution in [0.4, 0.5) is 0 Å². The summed E-state index contributed by atoms with van der Waals surface area (Å²) in [5, 5.41) is 12.8. The maximum absolute atomic E-state index is 13.6. The van der Waals surface area contributed by atoms with Crippen molar-refractivity contribution in [2.75, 3.05) is 14.2 Å². The maximum Gasteiger partial charge on any atom is 0.337 e. The lowest BCUT2D eigenvalue weighted by Crippen LogP contribution is -2.49. The van der Waals surface area contributed by atoms with Crippen LogP contribution in [0, 0.1) is 0 Å². The Hall–Kier alpha value is -3.59. The van der Waals surface area contributed by atoms with E-state index >= 15 is 0 Å². The molecule has 4 rings (SSSR count). The largest absolute Gasteiger partial charge is 0.508 e. The predicted molar refractivity (Wildman–Crippen MR) is 134 cm³/mol. The highest BCUT2D eigenvalue weighted by molar-refractivity contribution is 8.05. The van der Waals surface area contributed by atoms with E-state index in [1.807, 2.05) is 19.9 Å². The van der Waals surface area contributed by atoms with Gasteiger partial charge in [-0.05, 0) is 62.2 Å². The Kier molecular flexibility index (Phi) is 6.98. The number of aromatic hydroxyl groups is 1. The second-order valence-electron chi connectivity index (χ2n) is 8.44. The summed E-state index contributed by atoms with van der Waals surface area (Å²) >= 11 is 1.37. The highest BCUT2D eigenvalue weighted by atomic mass is 32.2. The lowest BCUT2D eigenvalue weighted by atomic mass is 9.93. The molecule has 2 aromatic rings. The van der Waals surface area contributed by atoms with Gasteiger partial charge in [-0.2, -0.15) is 0 Å². The van der Waals surface area contributed by atoms with Crippen molar-refractivity contribution in [2.24, 2.45) is 0 Å². The van der Waals surface area contributed by atoms with E-state index in [9.17, 15) is 14.7 Å². The molecule has 0 aliphatic carbocycles. The molecule has 2 aliphatic heterocycles. The number of nitrogens with one attached hydrogen (secondary N) is 1. The third-order valence-corrected chi connectivity index (χ3v) is 6.81. The van der Waals surface area contributed by atoms with Crippen LogP contribution in [0.5, 0.6) is 17.2 Å². The van der Waals surface area contributed by atoms with Crippen molar-refractivity contribution in [2.45, 2.75) is 38.4 Å². The number of rotatable bonds is 6. The minimum absolute atomic E-state index is 0.0464. The van der Waals surface area contributed by atoms with Crippen LogP contribution in [0.15, 0.2) is 58.6 Å². The number of amides is 1. The fourth-order valence-corrected chi connectivity index (χ4v) is 5.36. The highest BCUT2D eigenvalue weighted by Gasteiger charge is 2.48. The van der Waals surface area contributed by atoms with Crippen molar-refractivity contribution in [1.29, 1.82) is 0 Å². The Morgan fingerprint density at radius 3 is 2.49 bits per heavy atom. The van der Waals surface area contributed by atoms with Gasteiger partial charge in [0.15, 0.2) is 17.0 Å². The van der Waals surface area contributed by atoms with Gasteiger partial charge in [0.05, 0.1) is 36.8 Å². The molecule has 0 aromatic heterocycles. The van der Waals surface area contributed by atoms with Crippen LogP contribution in [0.3, 0.4) is 0 Å². The van der Waals surface area contributed by atoms with Crippen LogP contribution < -0.4 is 14.8 Å². The van der Waals surface area contributed by atoms with E-state index < -0.39 is 17.5 Å². The molecule has 35 heavy (non-hydrogen) atoms. The molecule has 8 nitrogen and oxygen atoms in total. The van der Waals surface area contributed by atoms with Gasteiger partial charge in [0, 0.05) is 5.70 Å². The molecule has 1 amide bonds. The number of carbonyl (C=O) groups is 2. The Balaban J connectivity index is 1.79. The van der Waals surface area contributed by atoms with E-state index in [2.05, 4.69) is 5.32 Å². The molecule has 2 atom stereocenters. The number of phenols is 1. The average molecular weight is 497 g/mol. The van der Waals surface area contributed by atoms with E-state index in [1.54, 1.807) is 61.4 Å². The molecular weight excluding hydrogens is 468 g/mol.